The highest BCUT2D eigenvalue weighted by atomic mass is 16.5. The van der Waals surface area contributed by atoms with Crippen molar-refractivity contribution in [2.24, 2.45) is 0 Å². The number of carbonyl (C=O) groups excluding carboxylic acids is 1. The molecule has 1 heterocycles. The predicted octanol–water partition coefficient (Wildman–Crippen LogP) is 1.55. The Bertz CT molecular complexity index is 644. The Balaban J connectivity index is 1.54. The van der Waals surface area contributed by atoms with Crippen LogP contribution in [0.1, 0.15) is 13.3 Å². The minimum Gasteiger partial charge on any atom is -0.484 e. The SMILES string of the molecule is CC1CC(NC(=O)COc2ccc3ccccc3c2)NN1. The van der Waals surface area contributed by atoms with E-state index in [9.17, 15) is 4.79 Å². The van der Waals surface area contributed by atoms with Crippen LogP contribution in [0.25, 0.3) is 10.8 Å². The molecule has 2 aromatic rings. The van der Waals surface area contributed by atoms with Crippen molar-refractivity contribution in [2.45, 2.75) is 25.6 Å². The third-order valence-corrected chi connectivity index (χ3v) is 3.52. The predicted molar refractivity (Wildman–Crippen MR) is 81.7 cm³/mol. The van der Waals surface area contributed by atoms with Crippen molar-refractivity contribution in [1.29, 1.82) is 0 Å². The number of hydrazine groups is 1. The summed E-state index contributed by atoms with van der Waals surface area (Å²) in [5, 5.41) is 5.14. The van der Waals surface area contributed by atoms with Gasteiger partial charge in [-0.25, -0.2) is 5.43 Å². The number of nitrogens with one attached hydrogen (secondary N) is 3. The molecule has 0 radical (unpaired) electrons. The van der Waals surface area contributed by atoms with Crippen molar-refractivity contribution >= 4 is 16.7 Å². The number of benzene rings is 2. The molecule has 0 bridgehead atoms. The van der Waals surface area contributed by atoms with E-state index in [2.05, 4.69) is 23.1 Å². The van der Waals surface area contributed by atoms with Crippen molar-refractivity contribution < 1.29 is 9.53 Å². The molecule has 2 atom stereocenters. The van der Waals surface area contributed by atoms with Crippen LogP contribution in [0.4, 0.5) is 0 Å². The van der Waals surface area contributed by atoms with Crippen molar-refractivity contribution in [2.75, 3.05) is 6.61 Å². The molecule has 1 amide bonds. The molecule has 0 aliphatic carbocycles. The van der Waals surface area contributed by atoms with Crippen LogP contribution in [-0.2, 0) is 4.79 Å². The van der Waals surface area contributed by atoms with Crippen molar-refractivity contribution in [3.05, 3.63) is 42.5 Å². The van der Waals surface area contributed by atoms with Gasteiger partial charge in [-0.1, -0.05) is 30.3 Å². The summed E-state index contributed by atoms with van der Waals surface area (Å²) in [7, 11) is 0. The Hall–Kier alpha value is -2.11. The van der Waals surface area contributed by atoms with Crippen molar-refractivity contribution in [3.8, 4) is 5.75 Å². The lowest BCUT2D eigenvalue weighted by atomic mass is 10.1. The molecule has 1 saturated heterocycles. The lowest BCUT2D eigenvalue weighted by Gasteiger charge is -2.13. The zero-order chi connectivity index (χ0) is 14.7. The molecule has 110 valence electrons. The number of hydrogen-bond acceptors (Lipinski definition) is 4. The molecule has 1 aliphatic heterocycles. The molecule has 3 N–H and O–H groups in total. The maximum atomic E-state index is 11.8. The average Bonchev–Trinajstić information content (AvgIpc) is 2.90. The van der Waals surface area contributed by atoms with E-state index in [1.165, 1.54) is 0 Å². The number of ether oxygens (including phenoxy) is 1. The fourth-order valence-electron chi connectivity index (χ4n) is 2.45. The van der Waals surface area contributed by atoms with E-state index < -0.39 is 0 Å². The number of hydrogen-bond donors (Lipinski definition) is 3. The fourth-order valence-corrected chi connectivity index (χ4v) is 2.45. The molecule has 0 aromatic heterocycles. The van der Waals surface area contributed by atoms with Gasteiger partial charge in [-0.15, -0.1) is 0 Å². The quantitative estimate of drug-likeness (QED) is 0.797. The highest BCUT2D eigenvalue weighted by molar-refractivity contribution is 5.84. The summed E-state index contributed by atoms with van der Waals surface area (Å²) in [5.41, 5.74) is 6.09. The minimum absolute atomic E-state index is 0.0188. The van der Waals surface area contributed by atoms with Gasteiger partial charge in [0.05, 0.1) is 6.17 Å². The van der Waals surface area contributed by atoms with Gasteiger partial charge in [0, 0.05) is 6.04 Å². The monoisotopic (exact) mass is 285 g/mol. The summed E-state index contributed by atoms with van der Waals surface area (Å²) in [6, 6.07) is 14.2. The lowest BCUT2D eigenvalue weighted by Crippen LogP contribution is -2.45. The van der Waals surface area contributed by atoms with Gasteiger partial charge in [0.15, 0.2) is 6.61 Å². The molecule has 5 nitrogen and oxygen atoms in total. The Morgan fingerprint density at radius 3 is 2.81 bits per heavy atom. The van der Waals surface area contributed by atoms with Crippen LogP contribution < -0.4 is 20.9 Å². The maximum absolute atomic E-state index is 11.8. The molecule has 1 fully saturated rings. The molecular weight excluding hydrogens is 266 g/mol. The van der Waals surface area contributed by atoms with E-state index in [1.54, 1.807) is 0 Å². The summed E-state index contributed by atoms with van der Waals surface area (Å²) in [6.07, 6.45) is 0.828. The third kappa shape index (κ3) is 3.51. The van der Waals surface area contributed by atoms with Gasteiger partial charge in [-0.05, 0) is 36.2 Å². The summed E-state index contributed by atoms with van der Waals surface area (Å²) < 4.78 is 5.55. The Labute approximate surface area is 123 Å². The molecule has 1 aliphatic rings. The number of amides is 1. The van der Waals surface area contributed by atoms with E-state index in [4.69, 9.17) is 4.74 Å². The van der Waals surface area contributed by atoms with E-state index >= 15 is 0 Å². The Morgan fingerprint density at radius 2 is 2.05 bits per heavy atom. The van der Waals surface area contributed by atoms with Crippen molar-refractivity contribution in [1.82, 2.24) is 16.2 Å². The van der Waals surface area contributed by atoms with E-state index in [0.717, 1.165) is 17.2 Å². The van der Waals surface area contributed by atoms with E-state index in [1.807, 2.05) is 42.5 Å². The summed E-state index contributed by atoms with van der Waals surface area (Å²) in [5.74, 6) is 0.575. The van der Waals surface area contributed by atoms with Crippen molar-refractivity contribution in [3.63, 3.8) is 0 Å². The smallest absolute Gasteiger partial charge is 0.259 e. The molecular formula is C16H19N3O2. The zero-order valence-electron chi connectivity index (χ0n) is 11.9. The molecule has 3 rings (SSSR count). The molecule has 0 saturated carbocycles. The second kappa shape index (κ2) is 6.11. The van der Waals surface area contributed by atoms with Crippen LogP contribution in [-0.4, -0.2) is 24.7 Å². The van der Waals surface area contributed by atoms with Crippen LogP contribution in [0.5, 0.6) is 5.75 Å². The maximum Gasteiger partial charge on any atom is 0.259 e. The standard InChI is InChI=1S/C16H19N3O2/c1-11-8-15(19-18-11)17-16(20)10-21-14-7-6-12-4-2-3-5-13(12)9-14/h2-7,9,11,15,18-19H,8,10H2,1H3,(H,17,20). The van der Waals surface area contributed by atoms with Crippen LogP contribution >= 0.6 is 0 Å². The summed E-state index contributed by atoms with van der Waals surface area (Å²) >= 11 is 0. The first-order valence-corrected chi connectivity index (χ1v) is 7.13. The van der Waals surface area contributed by atoms with Gasteiger partial charge >= 0.3 is 0 Å². The highest BCUT2D eigenvalue weighted by Gasteiger charge is 2.21. The average molecular weight is 285 g/mol. The molecule has 21 heavy (non-hydrogen) atoms. The molecule has 5 heteroatoms. The van der Waals surface area contributed by atoms with Gasteiger partial charge < -0.3 is 10.1 Å². The van der Waals surface area contributed by atoms with E-state index in [0.29, 0.717) is 11.8 Å². The number of fused-ring (bicyclic) bond motifs is 1. The Kier molecular flexibility index (Phi) is 4.03. The fraction of sp³-hybridized carbons (Fsp3) is 0.312. The van der Waals surface area contributed by atoms with Gasteiger partial charge in [0.2, 0.25) is 0 Å². The molecule has 2 unspecified atom stereocenters. The van der Waals surface area contributed by atoms with Gasteiger partial charge in [-0.2, -0.15) is 0 Å². The number of rotatable bonds is 4. The minimum atomic E-state index is -0.128. The highest BCUT2D eigenvalue weighted by Crippen LogP contribution is 2.20. The second-order valence-electron chi connectivity index (χ2n) is 5.34. The van der Waals surface area contributed by atoms with Gasteiger partial charge in [0.25, 0.3) is 5.91 Å². The zero-order valence-corrected chi connectivity index (χ0v) is 11.9. The van der Waals surface area contributed by atoms with Crippen LogP contribution in [0.15, 0.2) is 42.5 Å². The number of carbonyl (C=O) groups is 1. The first-order chi connectivity index (χ1) is 10.2. The third-order valence-electron chi connectivity index (χ3n) is 3.52. The van der Waals surface area contributed by atoms with Crippen LogP contribution in [0.2, 0.25) is 0 Å². The molecule has 0 spiro atoms. The van der Waals surface area contributed by atoms with E-state index in [-0.39, 0.29) is 18.7 Å². The first kappa shape index (κ1) is 13.9. The Morgan fingerprint density at radius 1 is 1.24 bits per heavy atom. The van der Waals surface area contributed by atoms with Crippen LogP contribution in [0, 0.1) is 0 Å². The topological polar surface area (TPSA) is 62.4 Å². The summed E-state index contributed by atoms with van der Waals surface area (Å²) in [6.45, 7) is 2.08. The second-order valence-corrected chi connectivity index (χ2v) is 5.34. The normalized spacial score (nSPS) is 21.4. The molecule has 2 aromatic carbocycles. The lowest BCUT2D eigenvalue weighted by molar-refractivity contribution is -0.123. The van der Waals surface area contributed by atoms with Crippen LogP contribution in [0.3, 0.4) is 0 Å². The first-order valence-electron chi connectivity index (χ1n) is 7.13. The summed E-state index contributed by atoms with van der Waals surface area (Å²) in [4.78, 5) is 11.8. The van der Waals surface area contributed by atoms with Gasteiger partial charge in [-0.3, -0.25) is 10.2 Å². The largest absolute Gasteiger partial charge is 0.484 e. The van der Waals surface area contributed by atoms with Gasteiger partial charge in [0.1, 0.15) is 5.75 Å².